The lowest BCUT2D eigenvalue weighted by Gasteiger charge is -2.11. The largest absolute Gasteiger partial charge is 0.496 e. The minimum atomic E-state index is -0.363. The van der Waals surface area contributed by atoms with Gasteiger partial charge in [0.05, 0.1) is 19.0 Å². The first-order valence-corrected chi connectivity index (χ1v) is 8.24. The first kappa shape index (κ1) is 17.6. The summed E-state index contributed by atoms with van der Waals surface area (Å²) in [5.41, 5.74) is 2.82. The molecule has 0 saturated carbocycles. The van der Waals surface area contributed by atoms with E-state index in [1.54, 1.807) is 24.4 Å². The van der Waals surface area contributed by atoms with Crippen molar-refractivity contribution in [3.63, 3.8) is 0 Å². The first-order valence-electron chi connectivity index (χ1n) is 8.24. The summed E-state index contributed by atoms with van der Waals surface area (Å²) in [5, 5.41) is 0.980. The summed E-state index contributed by atoms with van der Waals surface area (Å²) in [6.07, 6.45) is 1.83. The molecule has 1 aromatic heterocycles. The van der Waals surface area contributed by atoms with Gasteiger partial charge in [-0.15, -0.1) is 0 Å². The van der Waals surface area contributed by atoms with Crippen molar-refractivity contribution in [1.29, 1.82) is 0 Å². The number of pyridine rings is 1. The molecule has 0 radical (unpaired) electrons. The van der Waals surface area contributed by atoms with Gasteiger partial charge < -0.3 is 9.47 Å². The van der Waals surface area contributed by atoms with E-state index in [1.807, 2.05) is 30.3 Å². The van der Waals surface area contributed by atoms with Gasteiger partial charge in [0.25, 0.3) is 0 Å². The lowest BCUT2D eigenvalue weighted by Crippen LogP contribution is -2.09. The van der Waals surface area contributed by atoms with Crippen molar-refractivity contribution in [3.05, 3.63) is 71.4 Å². The molecule has 0 saturated heterocycles. The molecular weight excluding hydrogens is 330 g/mol. The van der Waals surface area contributed by atoms with Gasteiger partial charge in [-0.1, -0.05) is 24.3 Å². The van der Waals surface area contributed by atoms with Gasteiger partial charge in [0, 0.05) is 22.7 Å². The van der Waals surface area contributed by atoms with E-state index < -0.39 is 0 Å². The highest BCUT2D eigenvalue weighted by Crippen LogP contribution is 2.22. The van der Waals surface area contributed by atoms with Gasteiger partial charge in [-0.3, -0.25) is 14.6 Å². The van der Waals surface area contributed by atoms with Crippen molar-refractivity contribution >= 4 is 22.7 Å². The Kier molecular flexibility index (Phi) is 5.27. The third-order valence-electron chi connectivity index (χ3n) is 4.13. The second-order valence-electron chi connectivity index (χ2n) is 5.91. The number of carbonyl (C=O) groups excluding carboxylic acids is 2. The van der Waals surface area contributed by atoms with Crippen molar-refractivity contribution in [2.75, 3.05) is 7.11 Å². The van der Waals surface area contributed by atoms with Crippen LogP contribution in [-0.4, -0.2) is 23.8 Å². The molecule has 0 spiro atoms. The quantitative estimate of drug-likeness (QED) is 0.501. The van der Waals surface area contributed by atoms with Crippen molar-refractivity contribution in [2.45, 2.75) is 20.0 Å². The van der Waals surface area contributed by atoms with E-state index in [9.17, 15) is 9.59 Å². The van der Waals surface area contributed by atoms with Crippen molar-refractivity contribution in [2.24, 2.45) is 0 Å². The SMILES string of the molecule is COc1ccc(C(C)=O)cc1COC(=O)Cc1cccc2cccnc12. The van der Waals surface area contributed by atoms with Gasteiger partial charge in [-0.25, -0.2) is 0 Å². The molecule has 3 rings (SSSR count). The van der Waals surface area contributed by atoms with Crippen LogP contribution >= 0.6 is 0 Å². The predicted molar refractivity (Wildman–Crippen MR) is 98.2 cm³/mol. The Morgan fingerprint density at radius 3 is 2.62 bits per heavy atom. The number of rotatable bonds is 6. The van der Waals surface area contributed by atoms with Crippen molar-refractivity contribution in [1.82, 2.24) is 4.98 Å². The Morgan fingerprint density at radius 1 is 1.04 bits per heavy atom. The van der Waals surface area contributed by atoms with E-state index >= 15 is 0 Å². The zero-order chi connectivity index (χ0) is 18.5. The highest BCUT2D eigenvalue weighted by molar-refractivity contribution is 5.94. The van der Waals surface area contributed by atoms with E-state index in [4.69, 9.17) is 9.47 Å². The summed E-state index contributed by atoms with van der Waals surface area (Å²) in [7, 11) is 1.54. The number of para-hydroxylation sites is 1. The average molecular weight is 349 g/mol. The molecule has 5 heteroatoms. The van der Waals surface area contributed by atoms with E-state index in [0.29, 0.717) is 16.9 Å². The molecule has 5 nitrogen and oxygen atoms in total. The Morgan fingerprint density at radius 2 is 1.85 bits per heavy atom. The molecule has 0 fully saturated rings. The lowest BCUT2D eigenvalue weighted by atomic mass is 10.1. The Hall–Kier alpha value is -3.21. The second kappa shape index (κ2) is 7.78. The van der Waals surface area contributed by atoms with Crippen LogP contribution < -0.4 is 4.74 Å². The second-order valence-corrected chi connectivity index (χ2v) is 5.91. The Bertz CT molecular complexity index is 960. The van der Waals surface area contributed by atoms with Gasteiger partial charge in [-0.05, 0) is 36.8 Å². The third kappa shape index (κ3) is 3.88. The zero-order valence-corrected chi connectivity index (χ0v) is 14.7. The van der Waals surface area contributed by atoms with E-state index in [1.165, 1.54) is 14.0 Å². The van der Waals surface area contributed by atoms with Crippen LogP contribution in [0.2, 0.25) is 0 Å². The summed E-state index contributed by atoms with van der Waals surface area (Å²) < 4.78 is 10.7. The molecular formula is C21H19NO4. The van der Waals surface area contributed by atoms with Crippen LogP contribution in [-0.2, 0) is 22.6 Å². The summed E-state index contributed by atoms with van der Waals surface area (Å²) in [6.45, 7) is 1.53. The molecule has 0 aliphatic rings. The van der Waals surface area contributed by atoms with Gasteiger partial charge in [-0.2, -0.15) is 0 Å². The maximum absolute atomic E-state index is 12.3. The fourth-order valence-electron chi connectivity index (χ4n) is 2.79. The van der Waals surface area contributed by atoms with Crippen LogP contribution in [0, 0.1) is 0 Å². The highest BCUT2D eigenvalue weighted by Gasteiger charge is 2.12. The molecule has 0 aliphatic heterocycles. The monoisotopic (exact) mass is 349 g/mol. The van der Waals surface area contributed by atoms with Gasteiger partial charge >= 0.3 is 5.97 Å². The topological polar surface area (TPSA) is 65.5 Å². The molecule has 3 aromatic rings. The summed E-state index contributed by atoms with van der Waals surface area (Å²) in [4.78, 5) is 28.2. The molecule has 0 aliphatic carbocycles. The number of methoxy groups -OCH3 is 1. The molecule has 0 unspecified atom stereocenters. The minimum Gasteiger partial charge on any atom is -0.496 e. The van der Waals surface area contributed by atoms with Crippen LogP contribution in [0.1, 0.15) is 28.4 Å². The maximum Gasteiger partial charge on any atom is 0.310 e. The molecule has 0 bridgehead atoms. The number of Topliss-reactive ketones (excluding diaryl/α,β-unsaturated/α-hetero) is 1. The smallest absolute Gasteiger partial charge is 0.310 e. The average Bonchev–Trinajstić information content (AvgIpc) is 2.66. The fraction of sp³-hybridized carbons (Fsp3) is 0.190. The molecule has 1 heterocycles. The third-order valence-corrected chi connectivity index (χ3v) is 4.13. The maximum atomic E-state index is 12.3. The van der Waals surface area contributed by atoms with Crippen molar-refractivity contribution < 1.29 is 19.1 Å². The fourth-order valence-corrected chi connectivity index (χ4v) is 2.79. The molecule has 2 aromatic carbocycles. The molecule has 0 amide bonds. The molecule has 132 valence electrons. The van der Waals surface area contributed by atoms with Crippen LogP contribution in [0.15, 0.2) is 54.7 Å². The zero-order valence-electron chi connectivity index (χ0n) is 14.7. The summed E-state index contributed by atoms with van der Waals surface area (Å²) >= 11 is 0. The van der Waals surface area contributed by atoms with E-state index in [-0.39, 0.29) is 24.8 Å². The highest BCUT2D eigenvalue weighted by atomic mass is 16.5. The lowest BCUT2D eigenvalue weighted by molar-refractivity contribution is -0.144. The number of carbonyl (C=O) groups is 2. The number of benzene rings is 2. The number of nitrogens with zero attached hydrogens (tertiary/aromatic N) is 1. The van der Waals surface area contributed by atoms with E-state index in [0.717, 1.165) is 16.5 Å². The Labute approximate surface area is 151 Å². The minimum absolute atomic E-state index is 0.0430. The molecule has 0 atom stereocenters. The van der Waals surface area contributed by atoms with Crippen molar-refractivity contribution in [3.8, 4) is 5.75 Å². The van der Waals surface area contributed by atoms with Crippen LogP contribution in [0.25, 0.3) is 10.9 Å². The summed E-state index contributed by atoms with van der Waals surface area (Å²) in [5.74, 6) is 0.162. The standard InChI is InChI=1S/C21H19NO4/c1-14(23)16-8-9-19(25-2)18(11-16)13-26-20(24)12-17-6-3-5-15-7-4-10-22-21(15)17/h3-11H,12-13H2,1-2H3. The van der Waals surface area contributed by atoms with E-state index in [2.05, 4.69) is 4.98 Å². The van der Waals surface area contributed by atoms with Gasteiger partial charge in [0.1, 0.15) is 12.4 Å². The van der Waals surface area contributed by atoms with Crippen LogP contribution in [0.3, 0.4) is 0 Å². The van der Waals surface area contributed by atoms with Gasteiger partial charge in [0.15, 0.2) is 5.78 Å². The van der Waals surface area contributed by atoms with Gasteiger partial charge in [0.2, 0.25) is 0 Å². The number of ether oxygens (including phenoxy) is 2. The molecule has 26 heavy (non-hydrogen) atoms. The summed E-state index contributed by atoms with van der Waals surface area (Å²) in [6, 6.07) is 14.6. The normalized spacial score (nSPS) is 10.5. The number of ketones is 1. The molecule has 0 N–H and O–H groups in total. The number of hydrogen-bond donors (Lipinski definition) is 0. The number of hydrogen-bond acceptors (Lipinski definition) is 5. The first-order chi connectivity index (χ1) is 12.6. The number of aromatic nitrogens is 1. The number of fused-ring (bicyclic) bond motifs is 1. The Balaban J connectivity index is 1.73. The predicted octanol–water partition coefficient (Wildman–Crippen LogP) is 3.73. The van der Waals surface area contributed by atoms with Crippen LogP contribution in [0.4, 0.5) is 0 Å². The number of esters is 1. The van der Waals surface area contributed by atoms with Crippen LogP contribution in [0.5, 0.6) is 5.75 Å².